The third kappa shape index (κ3) is 7.25. The van der Waals surface area contributed by atoms with E-state index in [-0.39, 0.29) is 48.9 Å². The summed E-state index contributed by atoms with van der Waals surface area (Å²) in [6.07, 6.45) is -5.20. The lowest BCUT2D eigenvalue weighted by Gasteiger charge is -2.34. The number of alkyl halides is 6. The summed E-state index contributed by atoms with van der Waals surface area (Å²) in [4.78, 5) is 36.1. The van der Waals surface area contributed by atoms with Gasteiger partial charge in [0.05, 0.1) is 23.1 Å². The highest BCUT2D eigenvalue weighted by Gasteiger charge is 2.43. The van der Waals surface area contributed by atoms with Gasteiger partial charge in [-0.2, -0.15) is 31.4 Å². The van der Waals surface area contributed by atoms with Gasteiger partial charge in [-0.05, 0) is 55.0 Å². The van der Waals surface area contributed by atoms with Crippen LogP contribution < -0.4 is 4.90 Å². The van der Waals surface area contributed by atoms with Crippen LogP contribution in [0, 0.1) is 5.92 Å². The number of likely N-dealkylation sites (N-methyl/N-ethyl adjacent to an activating group) is 1. The first-order valence-electron chi connectivity index (χ1n) is 14.4. The van der Waals surface area contributed by atoms with Crippen LogP contribution in [0.3, 0.4) is 0 Å². The summed E-state index contributed by atoms with van der Waals surface area (Å²) in [5, 5.41) is 15.0. The molecule has 2 aliphatic heterocycles. The number of hydrogen-bond donors (Lipinski definition) is 1. The van der Waals surface area contributed by atoms with Crippen LogP contribution in [-0.2, 0) is 28.4 Å². The number of aliphatic carboxylic acids is 1. The van der Waals surface area contributed by atoms with Gasteiger partial charge in [-0.1, -0.05) is 6.92 Å². The molecule has 1 amide bonds. The molecule has 244 valence electrons. The summed E-state index contributed by atoms with van der Waals surface area (Å²) >= 11 is 0. The molecule has 2 aromatic rings. The second-order valence-corrected chi connectivity index (χ2v) is 11.7. The number of nitrogens with zero attached hydrogens (tertiary/aromatic N) is 6. The molecule has 1 saturated heterocycles. The molecule has 0 radical (unpaired) electrons. The summed E-state index contributed by atoms with van der Waals surface area (Å²) in [7, 11) is 1.80. The largest absolute Gasteiger partial charge is 0.481 e. The van der Waals surface area contributed by atoms with Crippen LogP contribution in [0.15, 0.2) is 35.7 Å². The SMILES string of the molecule is CC[C@@H]1C[C@H](N(Cc2cc(C(F)(F)F)cc(C(F)(F)F)c2)c2ncc(C3C=NN(C)C3)cn2)CN1C(=O)O[C@H]1C[C@@H](C(=O)O)C1. The quantitative estimate of drug-likeness (QED) is 0.382. The van der Waals surface area contributed by atoms with Crippen LogP contribution >= 0.6 is 0 Å². The van der Waals surface area contributed by atoms with Gasteiger partial charge in [-0.15, -0.1) is 0 Å². The van der Waals surface area contributed by atoms with Crippen LogP contribution in [0.25, 0.3) is 0 Å². The molecule has 3 heterocycles. The number of benzene rings is 1. The van der Waals surface area contributed by atoms with Gasteiger partial charge in [0.2, 0.25) is 5.95 Å². The highest BCUT2D eigenvalue weighted by molar-refractivity contribution is 5.73. The number of likely N-dealkylation sites (tertiary alicyclic amines) is 1. The fourth-order valence-corrected chi connectivity index (χ4v) is 5.91. The van der Waals surface area contributed by atoms with E-state index in [4.69, 9.17) is 9.84 Å². The maximum absolute atomic E-state index is 13.7. The first-order valence-corrected chi connectivity index (χ1v) is 14.4. The highest BCUT2D eigenvalue weighted by atomic mass is 19.4. The van der Waals surface area contributed by atoms with Crippen LogP contribution in [0.5, 0.6) is 0 Å². The summed E-state index contributed by atoms with van der Waals surface area (Å²) < 4.78 is 87.4. The number of anilines is 1. The molecular formula is C29H32F6N6O4. The van der Waals surface area contributed by atoms with Gasteiger partial charge in [-0.25, -0.2) is 14.8 Å². The van der Waals surface area contributed by atoms with Gasteiger partial charge >= 0.3 is 24.4 Å². The minimum absolute atomic E-state index is 0.0443. The number of carboxylic acid groups (broad SMARTS) is 1. The Morgan fingerprint density at radius 2 is 1.62 bits per heavy atom. The van der Waals surface area contributed by atoms with Crippen molar-refractivity contribution in [1.29, 1.82) is 0 Å². The average molecular weight is 643 g/mol. The molecule has 3 atom stereocenters. The Kier molecular flexibility index (Phi) is 8.86. The molecule has 2 fully saturated rings. The Morgan fingerprint density at radius 1 is 1.00 bits per heavy atom. The van der Waals surface area contributed by atoms with Gasteiger partial charge < -0.3 is 19.6 Å². The van der Waals surface area contributed by atoms with E-state index in [9.17, 15) is 35.9 Å². The minimum atomic E-state index is -5.02. The second kappa shape index (κ2) is 12.4. The number of amides is 1. The number of hydrogen-bond acceptors (Lipinski definition) is 8. The number of hydrazone groups is 1. The van der Waals surface area contributed by atoms with Gasteiger partial charge in [0.25, 0.3) is 0 Å². The van der Waals surface area contributed by atoms with Gasteiger partial charge in [0, 0.05) is 57.2 Å². The van der Waals surface area contributed by atoms with Crippen molar-refractivity contribution in [3.05, 3.63) is 52.8 Å². The molecule has 16 heteroatoms. The topological polar surface area (TPSA) is 111 Å². The molecule has 1 aromatic heterocycles. The number of aromatic nitrogens is 2. The molecular weight excluding hydrogens is 610 g/mol. The summed E-state index contributed by atoms with van der Waals surface area (Å²) in [6, 6.07) is 0.501. The number of halogens is 6. The van der Waals surface area contributed by atoms with Crippen LogP contribution in [0.4, 0.5) is 37.1 Å². The smallest absolute Gasteiger partial charge is 0.416 e. The zero-order valence-electron chi connectivity index (χ0n) is 24.4. The van der Waals surface area contributed by atoms with Crippen LogP contribution in [-0.4, -0.2) is 81.6 Å². The lowest BCUT2D eigenvalue weighted by atomic mass is 9.82. The van der Waals surface area contributed by atoms with E-state index in [2.05, 4.69) is 15.1 Å². The molecule has 0 spiro atoms. The van der Waals surface area contributed by atoms with Crippen molar-refractivity contribution in [2.75, 3.05) is 25.0 Å². The summed E-state index contributed by atoms with van der Waals surface area (Å²) in [5.74, 6) is -1.57. The lowest BCUT2D eigenvalue weighted by molar-refractivity contribution is -0.149. The van der Waals surface area contributed by atoms with Crippen molar-refractivity contribution in [3.63, 3.8) is 0 Å². The van der Waals surface area contributed by atoms with Gasteiger partial charge in [0.1, 0.15) is 6.10 Å². The first kappa shape index (κ1) is 32.3. The van der Waals surface area contributed by atoms with E-state index in [1.54, 1.807) is 30.7 Å². The Hall–Kier alpha value is -4.11. The summed E-state index contributed by atoms with van der Waals surface area (Å²) in [6.45, 7) is 2.08. The van der Waals surface area contributed by atoms with Crippen molar-refractivity contribution in [1.82, 2.24) is 19.9 Å². The standard InChI is InChI=1S/C29H32F6N6O4/c1-3-22-9-23(15-41(22)27(44)45-24-6-17(7-24)25(42)43)40(26-36-10-18(11-37-26)19-12-38-39(2)14-19)13-16-4-20(28(30,31)32)8-21(5-16)29(33,34)35/h4-5,8,10-12,17,19,22-24H,3,6-7,9,13-15H2,1-2H3,(H,42,43)/t17-,19?,22-,23+,24+/m1/s1. The van der Waals surface area contributed by atoms with Crippen molar-refractivity contribution in [3.8, 4) is 0 Å². The number of ether oxygens (including phenoxy) is 1. The zero-order valence-corrected chi connectivity index (χ0v) is 24.4. The van der Waals surface area contributed by atoms with E-state index < -0.39 is 60.2 Å². The predicted molar refractivity (Wildman–Crippen MR) is 148 cm³/mol. The van der Waals surface area contributed by atoms with Crippen molar-refractivity contribution in [2.45, 2.75) is 75.6 Å². The molecule has 1 aromatic carbocycles. The summed E-state index contributed by atoms with van der Waals surface area (Å²) in [5.41, 5.74) is -2.39. The molecule has 45 heavy (non-hydrogen) atoms. The van der Waals surface area contributed by atoms with Gasteiger partial charge in [-0.3, -0.25) is 9.80 Å². The predicted octanol–water partition coefficient (Wildman–Crippen LogP) is 5.39. The average Bonchev–Trinajstić information content (AvgIpc) is 3.58. The molecule has 1 aliphatic carbocycles. The molecule has 5 rings (SSSR count). The molecule has 3 aliphatic rings. The molecule has 0 bridgehead atoms. The van der Waals surface area contributed by atoms with Crippen molar-refractivity contribution < 1.29 is 45.8 Å². The first-order chi connectivity index (χ1) is 21.1. The van der Waals surface area contributed by atoms with E-state index in [0.717, 1.165) is 5.56 Å². The third-order valence-electron chi connectivity index (χ3n) is 8.50. The third-order valence-corrected chi connectivity index (χ3v) is 8.50. The molecule has 1 N–H and O–H groups in total. The molecule has 1 unspecified atom stereocenters. The molecule has 10 nitrogen and oxygen atoms in total. The monoisotopic (exact) mass is 642 g/mol. The fourth-order valence-electron chi connectivity index (χ4n) is 5.91. The van der Waals surface area contributed by atoms with Gasteiger partial charge in [0.15, 0.2) is 0 Å². The Bertz CT molecular complexity index is 1400. The maximum atomic E-state index is 13.7. The van der Waals surface area contributed by atoms with Crippen molar-refractivity contribution in [2.24, 2.45) is 11.0 Å². The number of carbonyl (C=O) groups excluding carboxylic acids is 1. The minimum Gasteiger partial charge on any atom is -0.481 e. The number of rotatable bonds is 8. The molecule has 1 saturated carbocycles. The Balaban J connectivity index is 1.44. The zero-order chi connectivity index (χ0) is 32.7. The number of carboxylic acids is 1. The maximum Gasteiger partial charge on any atom is 0.416 e. The van der Waals surface area contributed by atoms with Crippen LogP contribution in [0.2, 0.25) is 0 Å². The van der Waals surface area contributed by atoms with Crippen molar-refractivity contribution >= 4 is 24.2 Å². The second-order valence-electron chi connectivity index (χ2n) is 11.7. The Labute approximate surface area is 254 Å². The van der Waals surface area contributed by atoms with E-state index in [0.29, 0.717) is 31.5 Å². The van der Waals surface area contributed by atoms with E-state index in [1.807, 2.05) is 6.92 Å². The fraction of sp³-hybridized carbons (Fsp3) is 0.552. The normalized spacial score (nSPS) is 24.9. The van der Waals surface area contributed by atoms with E-state index in [1.165, 1.54) is 9.80 Å². The number of carbonyl (C=O) groups is 2. The Morgan fingerprint density at radius 3 is 2.13 bits per heavy atom. The lowest BCUT2D eigenvalue weighted by Crippen LogP contribution is -2.44. The van der Waals surface area contributed by atoms with Crippen LogP contribution in [0.1, 0.15) is 60.8 Å². The highest BCUT2D eigenvalue weighted by Crippen LogP contribution is 2.38. The van der Waals surface area contributed by atoms with E-state index >= 15 is 0 Å².